The van der Waals surface area contributed by atoms with Gasteiger partial charge in [0.05, 0.1) is 0 Å². The van der Waals surface area contributed by atoms with Crippen LogP contribution in [0.15, 0.2) is 23.1 Å². The van der Waals surface area contributed by atoms with Gasteiger partial charge in [0, 0.05) is 12.3 Å². The number of carbonyl (C=O) groups is 2. The SMILES string of the molecule is O=C(O)CNC(=O)n1ccc(O)cc1=O. The highest BCUT2D eigenvalue weighted by atomic mass is 16.4. The molecule has 15 heavy (non-hydrogen) atoms. The Labute approximate surface area is 83.6 Å². The van der Waals surface area contributed by atoms with Gasteiger partial charge in [-0.05, 0) is 6.07 Å². The summed E-state index contributed by atoms with van der Waals surface area (Å²) < 4.78 is 0.655. The van der Waals surface area contributed by atoms with Crippen molar-refractivity contribution in [2.45, 2.75) is 0 Å². The van der Waals surface area contributed by atoms with Crippen molar-refractivity contribution in [3.63, 3.8) is 0 Å². The van der Waals surface area contributed by atoms with Gasteiger partial charge in [0.1, 0.15) is 12.3 Å². The van der Waals surface area contributed by atoms with Gasteiger partial charge in [-0.2, -0.15) is 0 Å². The second-order valence-corrected chi connectivity index (χ2v) is 2.65. The maximum Gasteiger partial charge on any atom is 0.329 e. The highest BCUT2D eigenvalue weighted by molar-refractivity contribution is 5.81. The van der Waals surface area contributed by atoms with Crippen molar-refractivity contribution in [3.05, 3.63) is 28.7 Å². The average molecular weight is 212 g/mol. The fraction of sp³-hybridized carbons (Fsp3) is 0.125. The summed E-state index contributed by atoms with van der Waals surface area (Å²) in [5, 5.41) is 19.2. The minimum Gasteiger partial charge on any atom is -0.508 e. The molecule has 0 saturated heterocycles. The molecular weight excluding hydrogens is 204 g/mol. The molecule has 0 aromatic carbocycles. The van der Waals surface area contributed by atoms with Gasteiger partial charge in [-0.25, -0.2) is 9.36 Å². The Morgan fingerprint density at radius 3 is 2.67 bits per heavy atom. The zero-order valence-corrected chi connectivity index (χ0v) is 7.51. The highest BCUT2D eigenvalue weighted by Gasteiger charge is 2.07. The van der Waals surface area contributed by atoms with E-state index >= 15 is 0 Å². The van der Waals surface area contributed by atoms with Crippen molar-refractivity contribution in [1.82, 2.24) is 9.88 Å². The number of carboxylic acid groups (broad SMARTS) is 1. The Kier molecular flexibility index (Phi) is 3.06. The van der Waals surface area contributed by atoms with Crippen molar-refractivity contribution >= 4 is 12.0 Å². The summed E-state index contributed by atoms with van der Waals surface area (Å²) in [7, 11) is 0. The molecule has 1 aromatic rings. The molecule has 0 aliphatic carbocycles. The van der Waals surface area contributed by atoms with Crippen molar-refractivity contribution < 1.29 is 19.8 Å². The fourth-order valence-electron chi connectivity index (χ4n) is 0.873. The number of nitrogens with one attached hydrogen (secondary N) is 1. The van der Waals surface area contributed by atoms with Crippen LogP contribution in [0.5, 0.6) is 5.75 Å². The van der Waals surface area contributed by atoms with Gasteiger partial charge in [-0.3, -0.25) is 9.59 Å². The summed E-state index contributed by atoms with van der Waals surface area (Å²) >= 11 is 0. The molecular formula is C8H8N2O5. The first-order valence-electron chi connectivity index (χ1n) is 3.92. The van der Waals surface area contributed by atoms with E-state index in [1.54, 1.807) is 0 Å². The largest absolute Gasteiger partial charge is 0.508 e. The molecule has 0 atom stereocenters. The maximum absolute atomic E-state index is 11.2. The number of amides is 1. The second-order valence-electron chi connectivity index (χ2n) is 2.65. The minimum absolute atomic E-state index is 0.262. The summed E-state index contributed by atoms with van der Waals surface area (Å²) in [4.78, 5) is 32.4. The summed E-state index contributed by atoms with van der Waals surface area (Å²) in [6.45, 7) is -0.577. The topological polar surface area (TPSA) is 109 Å². The molecule has 0 aliphatic heterocycles. The van der Waals surface area contributed by atoms with Crippen molar-refractivity contribution in [3.8, 4) is 5.75 Å². The van der Waals surface area contributed by atoms with Crippen LogP contribution in [0, 0.1) is 0 Å². The van der Waals surface area contributed by atoms with Crippen LogP contribution in [-0.2, 0) is 4.79 Å². The molecule has 0 fully saturated rings. The van der Waals surface area contributed by atoms with Gasteiger partial charge in [0.2, 0.25) is 0 Å². The molecule has 0 spiro atoms. The summed E-state index contributed by atoms with van der Waals surface area (Å²) in [5.74, 6) is -1.47. The third-order valence-electron chi connectivity index (χ3n) is 1.51. The van der Waals surface area contributed by atoms with Crippen molar-refractivity contribution in [2.75, 3.05) is 6.54 Å². The number of hydrogen-bond donors (Lipinski definition) is 3. The number of carbonyl (C=O) groups excluding carboxylic acids is 1. The van der Waals surface area contributed by atoms with Gasteiger partial charge in [0.15, 0.2) is 0 Å². The predicted molar refractivity (Wildman–Crippen MR) is 48.8 cm³/mol. The smallest absolute Gasteiger partial charge is 0.329 e. The molecule has 7 nitrogen and oxygen atoms in total. The van der Waals surface area contributed by atoms with Crippen LogP contribution in [0.25, 0.3) is 0 Å². The lowest BCUT2D eigenvalue weighted by molar-refractivity contribution is -0.135. The van der Waals surface area contributed by atoms with Crippen LogP contribution in [0.2, 0.25) is 0 Å². The highest BCUT2D eigenvalue weighted by Crippen LogP contribution is 2.00. The average Bonchev–Trinajstić information content (AvgIpc) is 2.14. The number of hydrogen-bond acceptors (Lipinski definition) is 4. The van der Waals surface area contributed by atoms with E-state index in [1.165, 1.54) is 0 Å². The molecule has 1 amide bonds. The number of carboxylic acids is 1. The van der Waals surface area contributed by atoms with E-state index in [2.05, 4.69) is 0 Å². The normalized spacial score (nSPS) is 9.60. The van der Waals surface area contributed by atoms with E-state index in [0.29, 0.717) is 4.57 Å². The molecule has 80 valence electrons. The zero-order chi connectivity index (χ0) is 11.4. The van der Waals surface area contributed by atoms with Gasteiger partial charge >= 0.3 is 12.0 Å². The van der Waals surface area contributed by atoms with Crippen LogP contribution in [0.1, 0.15) is 0 Å². The maximum atomic E-state index is 11.2. The predicted octanol–water partition coefficient (Wildman–Crippen LogP) is -0.804. The van der Waals surface area contributed by atoms with Gasteiger partial charge in [-0.15, -0.1) is 0 Å². The van der Waals surface area contributed by atoms with E-state index in [1.807, 2.05) is 5.32 Å². The molecule has 0 bridgehead atoms. The molecule has 0 radical (unpaired) electrons. The molecule has 1 rings (SSSR count). The third kappa shape index (κ3) is 2.83. The molecule has 1 aromatic heterocycles. The Morgan fingerprint density at radius 2 is 2.13 bits per heavy atom. The standard InChI is InChI=1S/C8H8N2O5/c11-5-1-2-10(6(12)3-5)8(15)9-4-7(13)14/h1-3,11H,4H2,(H,9,15)(H,13,14). The molecule has 0 aliphatic rings. The Hall–Kier alpha value is -2.31. The molecule has 7 heteroatoms. The number of aromatic hydroxyl groups is 1. The van der Waals surface area contributed by atoms with Crippen LogP contribution < -0.4 is 10.9 Å². The first-order valence-corrected chi connectivity index (χ1v) is 3.92. The number of nitrogens with zero attached hydrogens (tertiary/aromatic N) is 1. The monoisotopic (exact) mass is 212 g/mol. The number of aliphatic carboxylic acids is 1. The summed E-state index contributed by atoms with van der Waals surface area (Å²) in [5.41, 5.74) is -0.738. The first-order chi connectivity index (χ1) is 7.00. The van der Waals surface area contributed by atoms with Crippen LogP contribution in [-0.4, -0.2) is 33.3 Å². The van der Waals surface area contributed by atoms with Crippen molar-refractivity contribution in [1.29, 1.82) is 0 Å². The minimum atomic E-state index is -1.21. The zero-order valence-electron chi connectivity index (χ0n) is 7.51. The van der Waals surface area contributed by atoms with Gasteiger partial charge < -0.3 is 15.5 Å². The lowest BCUT2D eigenvalue weighted by Gasteiger charge is -2.04. The molecule has 0 unspecified atom stereocenters. The lowest BCUT2D eigenvalue weighted by Crippen LogP contribution is -2.38. The second kappa shape index (κ2) is 4.27. The number of pyridine rings is 1. The number of rotatable bonds is 2. The lowest BCUT2D eigenvalue weighted by atomic mass is 10.4. The Bertz CT molecular complexity index is 451. The van der Waals surface area contributed by atoms with Crippen molar-refractivity contribution in [2.24, 2.45) is 0 Å². The molecule has 3 N–H and O–H groups in total. The van der Waals surface area contributed by atoms with Crippen LogP contribution in [0.3, 0.4) is 0 Å². The Morgan fingerprint density at radius 1 is 1.47 bits per heavy atom. The van der Waals surface area contributed by atoms with E-state index < -0.39 is 24.1 Å². The summed E-state index contributed by atoms with van der Waals surface area (Å²) in [6, 6.07) is 1.13. The van der Waals surface area contributed by atoms with E-state index in [4.69, 9.17) is 10.2 Å². The van der Waals surface area contributed by atoms with E-state index in [9.17, 15) is 14.4 Å². The quantitative estimate of drug-likeness (QED) is 0.594. The van der Waals surface area contributed by atoms with E-state index in [-0.39, 0.29) is 5.75 Å². The molecule has 0 saturated carbocycles. The fourth-order valence-corrected chi connectivity index (χ4v) is 0.873. The van der Waals surface area contributed by atoms with Gasteiger partial charge in [-0.1, -0.05) is 0 Å². The van der Waals surface area contributed by atoms with E-state index in [0.717, 1.165) is 18.3 Å². The van der Waals surface area contributed by atoms with Crippen LogP contribution >= 0.6 is 0 Å². The molecule has 1 heterocycles. The third-order valence-corrected chi connectivity index (χ3v) is 1.51. The Balaban J connectivity index is 2.83. The number of aromatic nitrogens is 1. The summed E-state index contributed by atoms with van der Waals surface area (Å²) in [6.07, 6.45) is 1.05. The first kappa shape index (κ1) is 10.8. The van der Waals surface area contributed by atoms with Crippen LogP contribution in [0.4, 0.5) is 4.79 Å². The van der Waals surface area contributed by atoms with Gasteiger partial charge in [0.25, 0.3) is 5.56 Å².